The third kappa shape index (κ3) is 4.28. The van der Waals surface area contributed by atoms with Gasteiger partial charge in [-0.15, -0.1) is 0 Å². The van der Waals surface area contributed by atoms with Crippen molar-refractivity contribution in [1.29, 1.82) is 0 Å². The largest absolute Gasteiger partial charge is 0.421 e. The van der Waals surface area contributed by atoms with Crippen molar-refractivity contribution in [1.82, 2.24) is 0 Å². The van der Waals surface area contributed by atoms with E-state index in [1.54, 1.807) is 12.1 Å². The van der Waals surface area contributed by atoms with Gasteiger partial charge in [0.25, 0.3) is 0 Å². The minimum Gasteiger partial charge on any atom is -0.421 e. The summed E-state index contributed by atoms with van der Waals surface area (Å²) in [6, 6.07) is 14.3. The highest BCUT2D eigenvalue weighted by Crippen LogP contribution is 2.28. The zero-order valence-electron chi connectivity index (χ0n) is 15.5. The number of hydrogen-bond donors (Lipinski definition) is 3. The molecule has 0 fully saturated rings. The van der Waals surface area contributed by atoms with Crippen LogP contribution in [0, 0.1) is 0 Å². The summed E-state index contributed by atoms with van der Waals surface area (Å²) in [5.74, 6) is 0. The highest BCUT2D eigenvalue weighted by Gasteiger charge is 2.16. The topological polar surface area (TPSA) is 83.4 Å². The summed E-state index contributed by atoms with van der Waals surface area (Å²) in [7, 11) is 0. The summed E-state index contributed by atoms with van der Waals surface area (Å²) < 4.78 is 5.36. The Hall–Kier alpha value is -3.28. The van der Waals surface area contributed by atoms with Crippen LogP contribution < -0.4 is 21.6 Å². The van der Waals surface area contributed by atoms with Gasteiger partial charge in [-0.05, 0) is 42.7 Å². The van der Waals surface area contributed by atoms with Gasteiger partial charge >= 0.3 is 11.7 Å². The Morgan fingerprint density at radius 1 is 0.963 bits per heavy atom. The minimum atomic E-state index is -0.594. The van der Waals surface area contributed by atoms with E-state index in [2.05, 4.69) is 22.9 Å². The van der Waals surface area contributed by atoms with Crippen molar-refractivity contribution < 1.29 is 9.21 Å². The van der Waals surface area contributed by atoms with E-state index in [4.69, 9.17) is 4.42 Å². The normalized spacial score (nSPS) is 10.6. The number of amides is 2. The molecule has 0 saturated carbocycles. The summed E-state index contributed by atoms with van der Waals surface area (Å²) in [5.41, 5.74) is 2.39. The second-order valence-electron chi connectivity index (χ2n) is 6.19. The van der Waals surface area contributed by atoms with Crippen LogP contribution in [0.4, 0.5) is 21.9 Å². The lowest BCUT2D eigenvalue weighted by Crippen LogP contribution is -2.24. The molecule has 0 saturated heterocycles. The molecule has 6 nitrogen and oxygen atoms in total. The SMILES string of the molecule is CCCNc1c(NC(=O)Nc2ccc(CC)cc2)c(=O)oc2ccccc12. The van der Waals surface area contributed by atoms with Crippen LogP contribution in [0.1, 0.15) is 25.8 Å². The van der Waals surface area contributed by atoms with Crippen LogP contribution in [0.25, 0.3) is 11.0 Å². The maximum atomic E-state index is 12.4. The fraction of sp³-hybridized carbons (Fsp3) is 0.238. The van der Waals surface area contributed by atoms with Gasteiger partial charge in [0.15, 0.2) is 5.69 Å². The maximum Gasteiger partial charge on any atom is 0.362 e. The monoisotopic (exact) mass is 365 g/mol. The first-order valence-electron chi connectivity index (χ1n) is 9.09. The Labute approximate surface area is 157 Å². The molecule has 6 heteroatoms. The lowest BCUT2D eigenvalue weighted by molar-refractivity contribution is 0.262. The first kappa shape index (κ1) is 18.5. The molecule has 1 heterocycles. The van der Waals surface area contributed by atoms with E-state index >= 15 is 0 Å². The highest BCUT2D eigenvalue weighted by atomic mass is 16.4. The van der Waals surface area contributed by atoms with Gasteiger partial charge in [-0.25, -0.2) is 9.59 Å². The molecule has 0 bridgehead atoms. The predicted octanol–water partition coefficient (Wildman–Crippen LogP) is 4.82. The van der Waals surface area contributed by atoms with Gasteiger partial charge in [0.2, 0.25) is 0 Å². The molecule has 3 aromatic rings. The van der Waals surface area contributed by atoms with E-state index in [0.717, 1.165) is 18.2 Å². The van der Waals surface area contributed by atoms with E-state index in [0.29, 0.717) is 23.5 Å². The van der Waals surface area contributed by atoms with Gasteiger partial charge < -0.3 is 15.1 Å². The average Bonchev–Trinajstić information content (AvgIpc) is 2.68. The summed E-state index contributed by atoms with van der Waals surface area (Å²) in [6.45, 7) is 4.77. The van der Waals surface area contributed by atoms with Crippen molar-refractivity contribution in [2.75, 3.05) is 22.5 Å². The van der Waals surface area contributed by atoms with Gasteiger partial charge in [0, 0.05) is 17.6 Å². The van der Waals surface area contributed by atoms with Crippen molar-refractivity contribution in [3.63, 3.8) is 0 Å². The maximum absolute atomic E-state index is 12.4. The number of benzene rings is 2. The number of carbonyl (C=O) groups excluding carboxylic acids is 1. The quantitative estimate of drug-likeness (QED) is 0.547. The first-order valence-corrected chi connectivity index (χ1v) is 9.09. The number of anilines is 3. The summed E-state index contributed by atoms with van der Waals surface area (Å²) >= 11 is 0. The second kappa shape index (κ2) is 8.40. The Kier molecular flexibility index (Phi) is 5.76. The molecule has 0 unspecified atom stereocenters. The number of fused-ring (bicyclic) bond motifs is 1. The fourth-order valence-corrected chi connectivity index (χ4v) is 2.80. The zero-order chi connectivity index (χ0) is 19.2. The number of aryl methyl sites for hydroxylation is 1. The number of hydrogen-bond acceptors (Lipinski definition) is 4. The Morgan fingerprint density at radius 3 is 2.41 bits per heavy atom. The van der Waals surface area contributed by atoms with E-state index in [1.165, 1.54) is 5.56 Å². The molecular formula is C21H23N3O3. The molecular weight excluding hydrogens is 342 g/mol. The highest BCUT2D eigenvalue weighted by molar-refractivity contribution is 6.05. The molecule has 140 valence electrons. The van der Waals surface area contributed by atoms with Crippen LogP contribution >= 0.6 is 0 Å². The second-order valence-corrected chi connectivity index (χ2v) is 6.19. The molecule has 1 aromatic heterocycles. The molecule has 2 aromatic carbocycles. The van der Waals surface area contributed by atoms with E-state index in [1.807, 2.05) is 43.3 Å². The Bertz CT molecular complexity index is 994. The van der Waals surface area contributed by atoms with Crippen LogP contribution in [0.15, 0.2) is 57.7 Å². The van der Waals surface area contributed by atoms with E-state index < -0.39 is 11.7 Å². The lowest BCUT2D eigenvalue weighted by atomic mass is 10.1. The standard InChI is InChI=1S/C21H23N3O3/c1-3-13-22-18-16-7-5-6-8-17(16)27-20(25)19(18)24-21(26)23-15-11-9-14(4-2)10-12-15/h5-12,22H,3-4,13H2,1-2H3,(H2,23,24,26). The fourth-order valence-electron chi connectivity index (χ4n) is 2.80. The van der Waals surface area contributed by atoms with Crippen molar-refractivity contribution in [2.45, 2.75) is 26.7 Å². The number of urea groups is 1. The number of rotatable bonds is 6. The lowest BCUT2D eigenvalue weighted by Gasteiger charge is -2.14. The summed E-state index contributed by atoms with van der Waals surface area (Å²) in [6.07, 6.45) is 1.81. The molecule has 0 aliphatic rings. The smallest absolute Gasteiger partial charge is 0.362 e. The van der Waals surface area contributed by atoms with Gasteiger partial charge in [0.05, 0.1) is 5.69 Å². The van der Waals surface area contributed by atoms with Crippen LogP contribution in [0.5, 0.6) is 0 Å². The number of para-hydroxylation sites is 1. The summed E-state index contributed by atoms with van der Waals surface area (Å²) in [5, 5.41) is 9.35. The van der Waals surface area contributed by atoms with Crippen molar-refractivity contribution >= 4 is 34.1 Å². The molecule has 3 N–H and O–H groups in total. The molecule has 2 amide bonds. The third-order valence-corrected chi connectivity index (χ3v) is 4.22. The number of carbonyl (C=O) groups is 1. The van der Waals surface area contributed by atoms with Crippen LogP contribution in [0.3, 0.4) is 0 Å². The van der Waals surface area contributed by atoms with E-state index in [9.17, 15) is 9.59 Å². The van der Waals surface area contributed by atoms with Gasteiger partial charge in [-0.2, -0.15) is 0 Å². The van der Waals surface area contributed by atoms with Gasteiger partial charge in [0.1, 0.15) is 5.58 Å². The Morgan fingerprint density at radius 2 is 1.70 bits per heavy atom. The third-order valence-electron chi connectivity index (χ3n) is 4.22. The molecule has 0 radical (unpaired) electrons. The molecule has 3 rings (SSSR count). The molecule has 0 spiro atoms. The van der Waals surface area contributed by atoms with Crippen LogP contribution in [-0.2, 0) is 6.42 Å². The molecule has 0 aliphatic carbocycles. The number of nitrogens with one attached hydrogen (secondary N) is 3. The van der Waals surface area contributed by atoms with Crippen molar-refractivity contribution in [3.8, 4) is 0 Å². The minimum absolute atomic E-state index is 0.102. The van der Waals surface area contributed by atoms with Gasteiger partial charge in [-0.3, -0.25) is 5.32 Å². The average molecular weight is 365 g/mol. The van der Waals surface area contributed by atoms with Crippen molar-refractivity contribution in [2.24, 2.45) is 0 Å². The first-order chi connectivity index (χ1) is 13.1. The summed E-state index contributed by atoms with van der Waals surface area (Å²) in [4.78, 5) is 24.9. The van der Waals surface area contributed by atoms with Crippen molar-refractivity contribution in [3.05, 3.63) is 64.5 Å². The van der Waals surface area contributed by atoms with Gasteiger partial charge in [-0.1, -0.05) is 38.1 Å². The molecule has 27 heavy (non-hydrogen) atoms. The Balaban J connectivity index is 1.89. The zero-order valence-corrected chi connectivity index (χ0v) is 15.5. The van der Waals surface area contributed by atoms with Crippen LogP contribution in [-0.4, -0.2) is 12.6 Å². The molecule has 0 aliphatic heterocycles. The predicted molar refractivity (Wildman–Crippen MR) is 110 cm³/mol. The van der Waals surface area contributed by atoms with E-state index in [-0.39, 0.29) is 5.69 Å². The molecule has 0 atom stereocenters. The van der Waals surface area contributed by atoms with Crippen LogP contribution in [0.2, 0.25) is 0 Å².